The van der Waals surface area contributed by atoms with Crippen LogP contribution in [-0.2, 0) is 21.2 Å². The van der Waals surface area contributed by atoms with Crippen molar-refractivity contribution in [2.45, 2.75) is 17.4 Å². The second kappa shape index (κ2) is 9.50. The molecule has 4 rings (SSSR count). The predicted octanol–water partition coefficient (Wildman–Crippen LogP) is 3.15. The van der Waals surface area contributed by atoms with Crippen LogP contribution in [0.5, 0.6) is 11.5 Å². The highest BCUT2D eigenvalue weighted by atomic mass is 32.2. The summed E-state index contributed by atoms with van der Waals surface area (Å²) in [5.74, 6) is 0.0889. The number of carbonyl (C=O) groups is 1. The van der Waals surface area contributed by atoms with E-state index in [2.05, 4.69) is 5.32 Å². The quantitative estimate of drug-likeness (QED) is 0.574. The minimum Gasteiger partial charge on any atom is -0.497 e. The summed E-state index contributed by atoms with van der Waals surface area (Å²) in [6, 6.07) is 18.8. The average molecular weight is 471 g/mol. The lowest BCUT2D eigenvalue weighted by Gasteiger charge is -2.34. The van der Waals surface area contributed by atoms with Crippen LogP contribution in [0.15, 0.2) is 77.7 Å². The molecule has 0 fully saturated rings. The maximum atomic E-state index is 13.4. The Bertz CT molecular complexity index is 1230. The van der Waals surface area contributed by atoms with Gasteiger partial charge in [-0.05, 0) is 60.5 Å². The first-order chi connectivity index (χ1) is 15.9. The second-order valence-corrected chi connectivity index (χ2v) is 9.32. The third-order valence-electron chi connectivity index (χ3n) is 5.30. The van der Waals surface area contributed by atoms with Gasteiger partial charge in [0, 0.05) is 6.54 Å². The number of para-hydroxylation sites is 2. The molecule has 0 saturated carbocycles. The molecule has 1 atom stereocenters. The molecule has 3 aromatic rings. The minimum absolute atomic E-state index is 0.0791. The molecule has 0 aromatic heterocycles. The molecule has 7 nitrogen and oxygen atoms in total. The Labute approximate surface area is 191 Å². The van der Waals surface area contributed by atoms with Crippen molar-refractivity contribution in [2.24, 2.45) is 0 Å². The van der Waals surface area contributed by atoms with Gasteiger partial charge in [0.2, 0.25) is 0 Å². The third kappa shape index (κ3) is 4.93. The van der Waals surface area contributed by atoms with Crippen molar-refractivity contribution in [1.82, 2.24) is 5.32 Å². The van der Waals surface area contributed by atoms with E-state index < -0.39 is 22.0 Å². The van der Waals surface area contributed by atoms with Gasteiger partial charge in [0.1, 0.15) is 17.3 Å². The molecule has 1 heterocycles. The molecule has 0 saturated heterocycles. The Kier molecular flexibility index (Phi) is 6.50. The van der Waals surface area contributed by atoms with E-state index in [0.717, 1.165) is 5.56 Å². The number of nitrogens with zero attached hydrogens (tertiary/aromatic N) is 1. The van der Waals surface area contributed by atoms with Crippen LogP contribution in [0.2, 0.25) is 0 Å². The number of nitrogens with one attached hydrogen (secondary N) is 1. The first kappa shape index (κ1) is 22.6. The Morgan fingerprint density at radius 1 is 1.09 bits per heavy atom. The fraction of sp³-hybridized carbons (Fsp3) is 0.208. The first-order valence-electron chi connectivity index (χ1n) is 10.3. The highest BCUT2D eigenvalue weighted by Crippen LogP contribution is 2.37. The fourth-order valence-corrected chi connectivity index (χ4v) is 5.01. The molecule has 0 radical (unpaired) electrons. The molecule has 1 aliphatic rings. The van der Waals surface area contributed by atoms with Gasteiger partial charge in [-0.1, -0.05) is 24.3 Å². The Balaban J connectivity index is 1.52. The summed E-state index contributed by atoms with van der Waals surface area (Å²) < 4.78 is 52.0. The fourth-order valence-electron chi connectivity index (χ4n) is 3.54. The molecule has 33 heavy (non-hydrogen) atoms. The van der Waals surface area contributed by atoms with Crippen LogP contribution in [0.1, 0.15) is 5.56 Å². The first-order valence-corrected chi connectivity index (χ1v) is 11.8. The number of amides is 1. The van der Waals surface area contributed by atoms with Crippen molar-refractivity contribution in [2.75, 3.05) is 24.5 Å². The molecular formula is C24H23FN2O5S. The molecule has 1 aliphatic heterocycles. The zero-order chi connectivity index (χ0) is 23.4. The molecule has 0 aliphatic carbocycles. The second-order valence-electron chi connectivity index (χ2n) is 7.45. The number of benzene rings is 3. The highest BCUT2D eigenvalue weighted by molar-refractivity contribution is 7.92. The number of carbonyl (C=O) groups excluding carboxylic acids is 1. The lowest BCUT2D eigenvalue weighted by atomic mass is 10.1. The predicted molar refractivity (Wildman–Crippen MR) is 121 cm³/mol. The van der Waals surface area contributed by atoms with E-state index >= 15 is 0 Å². The van der Waals surface area contributed by atoms with Crippen LogP contribution in [0.4, 0.5) is 10.1 Å². The van der Waals surface area contributed by atoms with E-state index in [1.54, 1.807) is 48.5 Å². The Morgan fingerprint density at radius 2 is 1.79 bits per heavy atom. The summed E-state index contributed by atoms with van der Waals surface area (Å²) in [7, 11) is -2.45. The molecule has 172 valence electrons. The van der Waals surface area contributed by atoms with Crippen LogP contribution in [0.3, 0.4) is 0 Å². The number of hydrogen-bond donors (Lipinski definition) is 1. The summed E-state index contributed by atoms with van der Waals surface area (Å²) in [5.41, 5.74) is 1.24. The highest BCUT2D eigenvalue weighted by Gasteiger charge is 2.37. The van der Waals surface area contributed by atoms with E-state index in [9.17, 15) is 17.6 Å². The van der Waals surface area contributed by atoms with Crippen LogP contribution >= 0.6 is 0 Å². The SMILES string of the molecule is COc1ccc(S(=O)(=O)N2CC(C(=O)NCCc3ccc(F)cc3)Oc3ccccc32)cc1. The van der Waals surface area contributed by atoms with Gasteiger partial charge in [-0.25, -0.2) is 12.8 Å². The normalized spacial score (nSPS) is 15.3. The number of anilines is 1. The molecule has 3 aromatic carbocycles. The summed E-state index contributed by atoms with van der Waals surface area (Å²) in [6.45, 7) is 0.130. The summed E-state index contributed by atoms with van der Waals surface area (Å²) in [5, 5.41) is 2.78. The zero-order valence-electron chi connectivity index (χ0n) is 17.9. The zero-order valence-corrected chi connectivity index (χ0v) is 18.7. The van der Waals surface area contributed by atoms with Gasteiger partial charge in [-0.3, -0.25) is 9.10 Å². The number of halogens is 1. The van der Waals surface area contributed by atoms with Crippen LogP contribution in [0.25, 0.3) is 0 Å². The maximum Gasteiger partial charge on any atom is 0.264 e. The van der Waals surface area contributed by atoms with E-state index in [1.807, 2.05) is 0 Å². The topological polar surface area (TPSA) is 84.9 Å². The standard InChI is InChI=1S/C24H23FN2O5S/c1-31-19-10-12-20(13-11-19)33(29,30)27-16-23(32-22-5-3-2-4-21(22)27)24(28)26-15-14-17-6-8-18(25)9-7-17/h2-13,23H,14-16H2,1H3,(H,26,28). The largest absolute Gasteiger partial charge is 0.497 e. The van der Waals surface area contributed by atoms with Gasteiger partial charge in [0.25, 0.3) is 15.9 Å². The summed E-state index contributed by atoms with van der Waals surface area (Å²) in [6.07, 6.45) is -0.524. The lowest BCUT2D eigenvalue weighted by molar-refractivity contribution is -0.127. The number of sulfonamides is 1. The van der Waals surface area contributed by atoms with Gasteiger partial charge in [-0.15, -0.1) is 0 Å². The van der Waals surface area contributed by atoms with Crippen molar-refractivity contribution in [3.63, 3.8) is 0 Å². The van der Waals surface area contributed by atoms with Gasteiger partial charge < -0.3 is 14.8 Å². The van der Waals surface area contributed by atoms with Crippen molar-refractivity contribution < 1.29 is 27.1 Å². The maximum absolute atomic E-state index is 13.4. The van der Waals surface area contributed by atoms with E-state index in [1.165, 1.54) is 35.7 Å². The monoisotopic (exact) mass is 470 g/mol. The van der Waals surface area contributed by atoms with Gasteiger partial charge in [0.15, 0.2) is 6.10 Å². The molecule has 9 heteroatoms. The molecule has 1 unspecified atom stereocenters. The van der Waals surface area contributed by atoms with Crippen LogP contribution < -0.4 is 19.1 Å². The van der Waals surface area contributed by atoms with E-state index in [0.29, 0.717) is 30.2 Å². The van der Waals surface area contributed by atoms with E-state index in [4.69, 9.17) is 9.47 Å². The van der Waals surface area contributed by atoms with E-state index in [-0.39, 0.29) is 17.3 Å². The number of ether oxygens (including phenoxy) is 2. The van der Waals surface area contributed by atoms with Crippen LogP contribution in [0, 0.1) is 5.82 Å². The molecule has 1 N–H and O–H groups in total. The van der Waals surface area contributed by atoms with Gasteiger partial charge >= 0.3 is 0 Å². The third-order valence-corrected chi connectivity index (χ3v) is 7.09. The minimum atomic E-state index is -3.95. The molecular weight excluding hydrogens is 447 g/mol. The summed E-state index contributed by atoms with van der Waals surface area (Å²) >= 11 is 0. The van der Waals surface area contributed by atoms with Crippen molar-refractivity contribution in [1.29, 1.82) is 0 Å². The number of rotatable bonds is 7. The Hall–Kier alpha value is -3.59. The Morgan fingerprint density at radius 3 is 2.48 bits per heavy atom. The van der Waals surface area contributed by atoms with Crippen molar-refractivity contribution >= 4 is 21.6 Å². The van der Waals surface area contributed by atoms with Crippen molar-refractivity contribution in [3.8, 4) is 11.5 Å². The van der Waals surface area contributed by atoms with Gasteiger partial charge in [-0.2, -0.15) is 0 Å². The smallest absolute Gasteiger partial charge is 0.264 e. The number of methoxy groups -OCH3 is 1. The number of hydrogen-bond acceptors (Lipinski definition) is 5. The lowest BCUT2D eigenvalue weighted by Crippen LogP contribution is -2.51. The molecule has 0 bridgehead atoms. The van der Waals surface area contributed by atoms with Crippen molar-refractivity contribution in [3.05, 3.63) is 84.2 Å². The number of fused-ring (bicyclic) bond motifs is 1. The van der Waals surface area contributed by atoms with Gasteiger partial charge in [0.05, 0.1) is 24.2 Å². The van der Waals surface area contributed by atoms with Crippen LogP contribution in [-0.4, -0.2) is 40.6 Å². The summed E-state index contributed by atoms with van der Waals surface area (Å²) in [4.78, 5) is 12.9. The average Bonchev–Trinajstić information content (AvgIpc) is 2.84. The molecule has 1 amide bonds. The molecule has 0 spiro atoms.